The van der Waals surface area contributed by atoms with Crippen LogP contribution in [-0.4, -0.2) is 62.8 Å². The molecule has 0 radical (unpaired) electrons. The maximum Gasteiger partial charge on any atom is 0.225 e. The van der Waals surface area contributed by atoms with Gasteiger partial charge in [0.05, 0.1) is 5.75 Å². The molecule has 2 fully saturated rings. The number of sulfonamides is 1. The first kappa shape index (κ1) is 22.1. The third kappa shape index (κ3) is 5.40. The quantitative estimate of drug-likeness (QED) is 0.685. The highest BCUT2D eigenvalue weighted by Crippen LogP contribution is 2.25. The molecule has 0 aromatic heterocycles. The lowest BCUT2D eigenvalue weighted by molar-refractivity contribution is -0.137. The number of nitrogens with zero attached hydrogens (tertiary/aromatic N) is 3. The number of hydrogen-bond donors (Lipinski definition) is 0. The summed E-state index contributed by atoms with van der Waals surface area (Å²) in [5.41, 5.74) is 1.91. The van der Waals surface area contributed by atoms with Gasteiger partial charge in [0.2, 0.25) is 15.9 Å². The van der Waals surface area contributed by atoms with Crippen LogP contribution in [0.15, 0.2) is 54.6 Å². The van der Waals surface area contributed by atoms with Gasteiger partial charge in [0.25, 0.3) is 0 Å². The molecule has 0 unspecified atom stereocenters. The van der Waals surface area contributed by atoms with Crippen molar-refractivity contribution in [2.24, 2.45) is 5.92 Å². The molecule has 2 aromatic carbocycles. The van der Waals surface area contributed by atoms with Crippen molar-refractivity contribution >= 4 is 33.2 Å². The van der Waals surface area contributed by atoms with Crippen LogP contribution in [0.1, 0.15) is 18.4 Å². The third-order valence-electron chi connectivity index (χ3n) is 6.17. The molecule has 0 atom stereocenters. The van der Waals surface area contributed by atoms with Crippen LogP contribution < -0.4 is 4.90 Å². The van der Waals surface area contributed by atoms with Gasteiger partial charge in [0.15, 0.2) is 0 Å². The van der Waals surface area contributed by atoms with E-state index in [9.17, 15) is 13.2 Å². The maximum atomic E-state index is 13.0. The van der Waals surface area contributed by atoms with Crippen LogP contribution >= 0.6 is 11.6 Å². The number of anilines is 1. The topological polar surface area (TPSA) is 60.9 Å². The van der Waals surface area contributed by atoms with Crippen molar-refractivity contribution < 1.29 is 13.2 Å². The molecule has 0 saturated carbocycles. The number of carbonyl (C=O) groups excluding carboxylic acids is 1. The van der Waals surface area contributed by atoms with Gasteiger partial charge in [-0.25, -0.2) is 12.7 Å². The van der Waals surface area contributed by atoms with E-state index >= 15 is 0 Å². The van der Waals surface area contributed by atoms with Crippen molar-refractivity contribution in [3.8, 4) is 0 Å². The lowest BCUT2D eigenvalue weighted by Gasteiger charge is -2.39. The molecule has 2 aliphatic rings. The van der Waals surface area contributed by atoms with Crippen LogP contribution in [0.3, 0.4) is 0 Å². The molecule has 6 nitrogen and oxygen atoms in total. The molecule has 0 N–H and O–H groups in total. The van der Waals surface area contributed by atoms with Crippen molar-refractivity contribution in [3.63, 3.8) is 0 Å². The summed E-state index contributed by atoms with van der Waals surface area (Å²) < 4.78 is 27.1. The summed E-state index contributed by atoms with van der Waals surface area (Å²) in [6, 6.07) is 17.1. The Kier molecular flexibility index (Phi) is 6.84. The summed E-state index contributed by atoms with van der Waals surface area (Å²) in [7, 11) is -3.40. The van der Waals surface area contributed by atoms with E-state index in [-0.39, 0.29) is 17.6 Å². The normalized spacial score (nSPS) is 18.9. The van der Waals surface area contributed by atoms with E-state index < -0.39 is 10.0 Å². The van der Waals surface area contributed by atoms with Crippen LogP contribution in [0.25, 0.3) is 0 Å². The minimum atomic E-state index is -3.40. The Morgan fingerprint density at radius 1 is 0.871 bits per heavy atom. The molecule has 8 heteroatoms. The molecular formula is C23H28ClN3O3S. The molecule has 2 aliphatic heterocycles. The summed E-state index contributed by atoms with van der Waals surface area (Å²) in [5, 5.41) is 0.588. The lowest BCUT2D eigenvalue weighted by Crippen LogP contribution is -2.52. The fourth-order valence-corrected chi connectivity index (χ4v) is 6.03. The maximum absolute atomic E-state index is 13.0. The standard InChI is InChI=1S/C23H28ClN3O3S/c24-21-8-6-19(7-9-21)18-31(29,30)27-12-10-20(11-13-27)23(28)26-16-14-25(15-17-26)22-4-2-1-3-5-22/h1-9,20H,10-18H2. The van der Waals surface area contributed by atoms with Gasteiger partial charge in [0.1, 0.15) is 0 Å². The second-order valence-electron chi connectivity index (χ2n) is 8.20. The van der Waals surface area contributed by atoms with Crippen LogP contribution in [0, 0.1) is 5.92 Å². The number of amides is 1. The SMILES string of the molecule is O=C(C1CCN(S(=O)(=O)Cc2ccc(Cl)cc2)CC1)N1CCN(c2ccccc2)CC1. The van der Waals surface area contributed by atoms with Crippen molar-refractivity contribution in [2.75, 3.05) is 44.2 Å². The Morgan fingerprint density at radius 3 is 2.10 bits per heavy atom. The molecule has 1 amide bonds. The number of para-hydroxylation sites is 1. The number of piperazine rings is 1. The van der Waals surface area contributed by atoms with Gasteiger partial charge in [-0.3, -0.25) is 4.79 Å². The summed E-state index contributed by atoms with van der Waals surface area (Å²) in [4.78, 5) is 17.3. The predicted octanol–water partition coefficient (Wildman–Crippen LogP) is 3.23. The predicted molar refractivity (Wildman–Crippen MR) is 124 cm³/mol. The van der Waals surface area contributed by atoms with Gasteiger partial charge in [-0.05, 0) is 42.7 Å². The monoisotopic (exact) mass is 461 g/mol. The van der Waals surface area contributed by atoms with Gasteiger partial charge in [0, 0.05) is 55.9 Å². The summed E-state index contributed by atoms with van der Waals surface area (Å²) in [6.45, 7) is 3.87. The highest BCUT2D eigenvalue weighted by atomic mass is 35.5. The summed E-state index contributed by atoms with van der Waals surface area (Å²) >= 11 is 5.88. The molecule has 0 spiro atoms. The molecule has 2 heterocycles. The van der Waals surface area contributed by atoms with Crippen LogP contribution in [0.2, 0.25) is 5.02 Å². The van der Waals surface area contributed by atoms with E-state index in [1.807, 2.05) is 23.1 Å². The second kappa shape index (κ2) is 9.59. The number of benzene rings is 2. The van der Waals surface area contributed by atoms with E-state index in [1.165, 1.54) is 9.99 Å². The lowest BCUT2D eigenvalue weighted by atomic mass is 9.96. The Morgan fingerprint density at radius 2 is 1.48 bits per heavy atom. The molecule has 0 aliphatic carbocycles. The average Bonchev–Trinajstić information content (AvgIpc) is 2.81. The third-order valence-corrected chi connectivity index (χ3v) is 8.27. The smallest absolute Gasteiger partial charge is 0.225 e. The van der Waals surface area contributed by atoms with Gasteiger partial charge in [-0.1, -0.05) is 41.9 Å². The van der Waals surface area contributed by atoms with Gasteiger partial charge in [-0.2, -0.15) is 0 Å². The first-order valence-corrected chi connectivity index (χ1v) is 12.7. The highest BCUT2D eigenvalue weighted by Gasteiger charge is 2.34. The zero-order valence-corrected chi connectivity index (χ0v) is 19.1. The fraction of sp³-hybridized carbons (Fsp3) is 0.435. The number of carbonyl (C=O) groups is 1. The fourth-order valence-electron chi connectivity index (χ4n) is 4.35. The van der Waals surface area contributed by atoms with Crippen LogP contribution in [0.4, 0.5) is 5.69 Å². The largest absolute Gasteiger partial charge is 0.368 e. The molecule has 2 aromatic rings. The molecular weight excluding hydrogens is 434 g/mol. The zero-order chi connectivity index (χ0) is 21.8. The number of piperidine rings is 1. The first-order chi connectivity index (χ1) is 14.9. The van der Waals surface area contributed by atoms with E-state index in [1.54, 1.807) is 24.3 Å². The van der Waals surface area contributed by atoms with Crippen molar-refractivity contribution in [2.45, 2.75) is 18.6 Å². The van der Waals surface area contributed by atoms with E-state index in [4.69, 9.17) is 11.6 Å². The minimum Gasteiger partial charge on any atom is -0.368 e. The van der Waals surface area contributed by atoms with E-state index in [2.05, 4.69) is 17.0 Å². The van der Waals surface area contributed by atoms with Gasteiger partial charge < -0.3 is 9.80 Å². The van der Waals surface area contributed by atoms with Crippen molar-refractivity contribution in [1.82, 2.24) is 9.21 Å². The Bertz CT molecular complexity index is 982. The molecule has 4 rings (SSSR count). The number of hydrogen-bond acceptors (Lipinski definition) is 4. The molecule has 166 valence electrons. The van der Waals surface area contributed by atoms with Crippen molar-refractivity contribution in [3.05, 3.63) is 65.2 Å². The zero-order valence-electron chi connectivity index (χ0n) is 17.5. The summed E-state index contributed by atoms with van der Waals surface area (Å²) in [5.74, 6) is 0.0391. The average molecular weight is 462 g/mol. The minimum absolute atomic E-state index is 0.0375. The van der Waals surface area contributed by atoms with E-state index in [0.717, 1.165) is 18.7 Å². The molecule has 2 saturated heterocycles. The Labute approximate surface area is 189 Å². The van der Waals surface area contributed by atoms with Gasteiger partial charge in [-0.15, -0.1) is 0 Å². The van der Waals surface area contributed by atoms with E-state index in [0.29, 0.717) is 44.0 Å². The Hall–Kier alpha value is -2.09. The van der Waals surface area contributed by atoms with Crippen LogP contribution in [0.5, 0.6) is 0 Å². The molecule has 31 heavy (non-hydrogen) atoms. The number of rotatable bonds is 5. The highest BCUT2D eigenvalue weighted by molar-refractivity contribution is 7.88. The number of halogens is 1. The second-order valence-corrected chi connectivity index (χ2v) is 10.6. The van der Waals surface area contributed by atoms with Crippen molar-refractivity contribution in [1.29, 1.82) is 0 Å². The summed E-state index contributed by atoms with van der Waals surface area (Å²) in [6.07, 6.45) is 1.16. The molecule has 0 bridgehead atoms. The Balaban J connectivity index is 1.27. The van der Waals surface area contributed by atoms with Crippen LogP contribution in [-0.2, 0) is 20.6 Å². The first-order valence-electron chi connectivity index (χ1n) is 10.7. The van der Waals surface area contributed by atoms with Gasteiger partial charge >= 0.3 is 0 Å².